The highest BCUT2D eigenvalue weighted by Crippen LogP contribution is 2.59. The Bertz CT molecular complexity index is 233. The van der Waals surface area contributed by atoms with Gasteiger partial charge in [0.15, 0.2) is 0 Å². The fourth-order valence-electron chi connectivity index (χ4n) is 1.86. The molecule has 0 saturated carbocycles. The van der Waals surface area contributed by atoms with E-state index in [9.17, 15) is 4.79 Å². The molecular formula is C14H29OP. The summed E-state index contributed by atoms with van der Waals surface area (Å²) >= 11 is 0. The predicted molar refractivity (Wildman–Crippen MR) is 75.8 cm³/mol. The Morgan fingerprint density at radius 1 is 0.812 bits per heavy atom. The van der Waals surface area contributed by atoms with Crippen molar-refractivity contribution in [2.45, 2.75) is 72.6 Å². The molecule has 0 aliphatic carbocycles. The number of carbonyl (C=O) groups is 1. The minimum atomic E-state index is -0.296. The Kier molecular flexibility index (Phi) is 4.79. The van der Waals surface area contributed by atoms with E-state index in [2.05, 4.69) is 41.5 Å². The van der Waals surface area contributed by atoms with E-state index < -0.39 is 0 Å². The highest BCUT2D eigenvalue weighted by Gasteiger charge is 2.37. The molecule has 16 heavy (non-hydrogen) atoms. The maximum Gasteiger partial charge on any atom is 0.142 e. The number of ketones is 1. The molecule has 0 fully saturated rings. The first-order chi connectivity index (χ1) is 6.76. The molecular weight excluding hydrogens is 215 g/mol. The van der Waals surface area contributed by atoms with Crippen molar-refractivity contribution < 1.29 is 4.79 Å². The van der Waals surface area contributed by atoms with E-state index in [0.29, 0.717) is 5.78 Å². The lowest BCUT2D eigenvalue weighted by Gasteiger charge is -2.42. The normalized spacial score (nSPS) is 14.4. The van der Waals surface area contributed by atoms with Crippen LogP contribution >= 0.6 is 7.92 Å². The smallest absolute Gasteiger partial charge is 0.142 e. The van der Waals surface area contributed by atoms with Crippen LogP contribution in [0.4, 0.5) is 0 Å². The third kappa shape index (κ3) is 4.95. The van der Waals surface area contributed by atoms with Crippen LogP contribution in [-0.2, 0) is 4.79 Å². The molecule has 0 atom stereocenters. The van der Waals surface area contributed by atoms with Gasteiger partial charge in [-0.3, -0.25) is 4.79 Å². The van der Waals surface area contributed by atoms with E-state index in [-0.39, 0.29) is 23.6 Å². The Hall–Kier alpha value is 0.100. The van der Waals surface area contributed by atoms with Crippen LogP contribution in [0, 0.1) is 5.41 Å². The van der Waals surface area contributed by atoms with Crippen LogP contribution in [0.2, 0.25) is 0 Å². The zero-order chi connectivity index (χ0) is 13.4. The molecule has 0 aromatic heterocycles. The van der Waals surface area contributed by atoms with Crippen molar-refractivity contribution >= 4 is 13.7 Å². The molecule has 0 bridgehead atoms. The van der Waals surface area contributed by atoms with Crippen LogP contribution < -0.4 is 0 Å². The fraction of sp³-hybridized carbons (Fsp3) is 0.929. The number of hydrogen-bond donors (Lipinski definition) is 0. The Labute approximate surface area is 103 Å². The van der Waals surface area contributed by atoms with E-state index >= 15 is 0 Å². The Morgan fingerprint density at radius 2 is 1.12 bits per heavy atom. The minimum Gasteiger partial charge on any atom is -0.299 e. The number of hydrogen-bond acceptors (Lipinski definition) is 1. The van der Waals surface area contributed by atoms with Crippen molar-refractivity contribution in [3.8, 4) is 0 Å². The van der Waals surface area contributed by atoms with E-state index in [1.54, 1.807) is 0 Å². The zero-order valence-electron chi connectivity index (χ0n) is 12.6. The molecule has 0 N–H and O–H groups in total. The molecule has 0 rings (SSSR count). The maximum atomic E-state index is 12.2. The highest BCUT2D eigenvalue weighted by molar-refractivity contribution is 7.61. The minimum absolute atomic E-state index is 0.197. The van der Waals surface area contributed by atoms with Crippen molar-refractivity contribution in [1.29, 1.82) is 0 Å². The van der Waals surface area contributed by atoms with Crippen LogP contribution in [-0.4, -0.2) is 22.3 Å². The summed E-state index contributed by atoms with van der Waals surface area (Å²) in [4.78, 5) is 12.2. The van der Waals surface area contributed by atoms with Gasteiger partial charge in [0.25, 0.3) is 0 Å². The van der Waals surface area contributed by atoms with E-state index in [1.807, 2.05) is 20.8 Å². The number of rotatable bonds is 2. The van der Waals surface area contributed by atoms with Crippen molar-refractivity contribution in [1.82, 2.24) is 0 Å². The maximum absolute atomic E-state index is 12.2. The Morgan fingerprint density at radius 3 is 1.31 bits per heavy atom. The first-order valence-electron chi connectivity index (χ1n) is 6.07. The van der Waals surface area contributed by atoms with Crippen LogP contribution in [0.1, 0.15) is 62.3 Å². The second-order valence-electron chi connectivity index (χ2n) is 7.60. The van der Waals surface area contributed by atoms with Gasteiger partial charge in [0.05, 0.1) is 0 Å². The second kappa shape index (κ2) is 4.77. The van der Waals surface area contributed by atoms with Gasteiger partial charge < -0.3 is 0 Å². The lowest BCUT2D eigenvalue weighted by Crippen LogP contribution is -2.32. The van der Waals surface area contributed by atoms with Crippen LogP contribution in [0.5, 0.6) is 0 Å². The fourth-order valence-corrected chi connectivity index (χ4v) is 5.58. The molecule has 0 heterocycles. The van der Waals surface area contributed by atoms with Gasteiger partial charge >= 0.3 is 0 Å². The lowest BCUT2D eigenvalue weighted by molar-refractivity contribution is -0.123. The van der Waals surface area contributed by atoms with Gasteiger partial charge in [0, 0.05) is 11.6 Å². The average Bonchev–Trinajstić information content (AvgIpc) is 1.92. The van der Waals surface area contributed by atoms with E-state index in [1.165, 1.54) is 0 Å². The van der Waals surface area contributed by atoms with Crippen molar-refractivity contribution in [3.05, 3.63) is 0 Å². The SMILES string of the molecule is CC(C)(C)C(=O)CP(C(C)(C)C)C(C)(C)C. The first-order valence-corrected chi connectivity index (χ1v) is 7.60. The van der Waals surface area contributed by atoms with E-state index in [0.717, 1.165) is 6.16 Å². The van der Waals surface area contributed by atoms with Gasteiger partial charge in [-0.15, -0.1) is 0 Å². The van der Waals surface area contributed by atoms with Gasteiger partial charge in [-0.05, 0) is 10.3 Å². The van der Waals surface area contributed by atoms with Gasteiger partial charge in [0.2, 0.25) is 0 Å². The summed E-state index contributed by atoms with van der Waals surface area (Å²) in [6.45, 7) is 19.6. The summed E-state index contributed by atoms with van der Waals surface area (Å²) in [6, 6.07) is 0. The van der Waals surface area contributed by atoms with Gasteiger partial charge in [-0.25, -0.2) is 0 Å². The van der Waals surface area contributed by atoms with Gasteiger partial charge in [-0.1, -0.05) is 70.2 Å². The second-order valence-corrected chi connectivity index (χ2v) is 11.5. The van der Waals surface area contributed by atoms with Gasteiger partial charge in [0.1, 0.15) is 5.78 Å². The van der Waals surface area contributed by atoms with Crippen molar-refractivity contribution in [3.63, 3.8) is 0 Å². The third-order valence-electron chi connectivity index (χ3n) is 2.76. The van der Waals surface area contributed by atoms with Crippen molar-refractivity contribution in [2.24, 2.45) is 5.41 Å². The molecule has 96 valence electrons. The highest BCUT2D eigenvalue weighted by atomic mass is 31.1. The molecule has 0 aliphatic rings. The summed E-state index contributed by atoms with van der Waals surface area (Å²) in [5, 5.41) is 0.489. The first kappa shape index (κ1) is 16.1. The van der Waals surface area contributed by atoms with Crippen molar-refractivity contribution in [2.75, 3.05) is 6.16 Å². The molecule has 0 aromatic rings. The molecule has 0 spiro atoms. The Balaban J connectivity index is 4.93. The quantitative estimate of drug-likeness (QED) is 0.644. The molecule has 0 amide bonds. The molecule has 0 aliphatic heterocycles. The summed E-state index contributed by atoms with van der Waals surface area (Å²) in [5.74, 6) is 0.406. The molecule has 0 saturated heterocycles. The monoisotopic (exact) mass is 244 g/mol. The summed E-state index contributed by atoms with van der Waals surface area (Å²) in [6.07, 6.45) is 0.756. The standard InChI is InChI=1S/C14H29OP/c1-12(2,3)11(15)10-16(13(4,5)6)14(7,8)9/h10H2,1-9H3. The van der Waals surface area contributed by atoms with Gasteiger partial charge in [-0.2, -0.15) is 0 Å². The molecule has 1 nitrogen and oxygen atoms in total. The van der Waals surface area contributed by atoms with Crippen LogP contribution in [0.3, 0.4) is 0 Å². The third-order valence-corrected chi connectivity index (χ3v) is 6.60. The lowest BCUT2D eigenvalue weighted by atomic mass is 9.92. The topological polar surface area (TPSA) is 17.1 Å². The van der Waals surface area contributed by atoms with E-state index in [4.69, 9.17) is 0 Å². The molecule has 0 unspecified atom stereocenters. The number of Topliss-reactive ketones (excluding diaryl/α,β-unsaturated/α-hetero) is 1. The largest absolute Gasteiger partial charge is 0.299 e. The average molecular weight is 244 g/mol. The number of carbonyl (C=O) groups excluding carboxylic acids is 1. The van der Waals surface area contributed by atoms with Crippen LogP contribution in [0.25, 0.3) is 0 Å². The van der Waals surface area contributed by atoms with Crippen LogP contribution in [0.15, 0.2) is 0 Å². The molecule has 2 heteroatoms. The summed E-state index contributed by atoms with van der Waals surface area (Å²) in [5.41, 5.74) is -0.197. The molecule has 0 radical (unpaired) electrons. The summed E-state index contributed by atoms with van der Waals surface area (Å²) in [7, 11) is -0.296. The zero-order valence-corrected chi connectivity index (χ0v) is 13.5. The predicted octanol–water partition coefficient (Wildman–Crippen LogP) is 4.68. The molecule has 0 aromatic carbocycles. The summed E-state index contributed by atoms with van der Waals surface area (Å²) < 4.78 is 0.